The van der Waals surface area contributed by atoms with E-state index in [1.807, 2.05) is 19.9 Å². The molecule has 7 atom stereocenters. The molecule has 3 aliphatic carbocycles. The molecule has 180 valence electrons. The monoisotopic (exact) mass is 444 g/mol. The Hall–Kier alpha value is -1.20. The van der Waals surface area contributed by atoms with E-state index in [1.54, 1.807) is 0 Å². The minimum absolute atomic E-state index is 0.0536. The summed E-state index contributed by atoms with van der Waals surface area (Å²) in [5.41, 5.74) is 3.50. The molecule has 0 unspecified atom stereocenters. The third kappa shape index (κ3) is 5.14. The van der Waals surface area contributed by atoms with Gasteiger partial charge in [-0.25, -0.2) is 0 Å². The zero-order valence-electron chi connectivity index (χ0n) is 20.6. The predicted molar refractivity (Wildman–Crippen MR) is 130 cm³/mol. The zero-order valence-corrected chi connectivity index (χ0v) is 20.6. The standard InChI is InChI=1S/C28H44O4/c1-17(9-10-18(2)27(4,5)32)23-16-25(31)26-20(8-7-13-28(23,26)6)11-12-21-14-22(29)15-24(30)19(21)3/h11-12,16-18,22,24-26,29-32H,3,7-10,13-15H2,1-2,4-6H3/b20-11-,21-12-/t17-,18+,22-,24+,25-,26-,28-/m1/s1. The molecule has 0 saturated heterocycles. The molecule has 32 heavy (non-hydrogen) atoms. The average molecular weight is 445 g/mol. The summed E-state index contributed by atoms with van der Waals surface area (Å²) in [5, 5.41) is 41.6. The summed E-state index contributed by atoms with van der Waals surface area (Å²) in [6.45, 7) is 14.5. The van der Waals surface area contributed by atoms with Crippen molar-refractivity contribution in [3.63, 3.8) is 0 Å². The Labute approximate surface area is 194 Å². The molecule has 3 aliphatic rings. The number of aliphatic hydroxyl groups excluding tert-OH is 3. The fraction of sp³-hybridized carbons (Fsp3) is 0.714. The minimum atomic E-state index is -0.683. The first-order valence-electron chi connectivity index (χ1n) is 12.4. The lowest BCUT2D eigenvalue weighted by molar-refractivity contribution is 0.0191. The van der Waals surface area contributed by atoms with Crippen LogP contribution in [-0.2, 0) is 0 Å². The van der Waals surface area contributed by atoms with E-state index in [-0.39, 0.29) is 17.3 Å². The zero-order chi connectivity index (χ0) is 23.8. The van der Waals surface area contributed by atoms with Crippen LogP contribution in [0.25, 0.3) is 0 Å². The quantitative estimate of drug-likeness (QED) is 0.442. The predicted octanol–water partition coefficient (Wildman–Crippen LogP) is 4.84. The van der Waals surface area contributed by atoms with E-state index < -0.39 is 23.9 Å². The largest absolute Gasteiger partial charge is 0.393 e. The van der Waals surface area contributed by atoms with Crippen LogP contribution in [0.2, 0.25) is 0 Å². The van der Waals surface area contributed by atoms with Crippen LogP contribution in [0.4, 0.5) is 0 Å². The number of hydrogen-bond acceptors (Lipinski definition) is 4. The van der Waals surface area contributed by atoms with Crippen LogP contribution in [0.3, 0.4) is 0 Å². The Morgan fingerprint density at radius 2 is 1.88 bits per heavy atom. The molecule has 0 amide bonds. The highest BCUT2D eigenvalue weighted by Crippen LogP contribution is 2.57. The lowest BCUT2D eigenvalue weighted by Gasteiger charge is -2.43. The minimum Gasteiger partial charge on any atom is -0.393 e. The summed E-state index contributed by atoms with van der Waals surface area (Å²) in [5.74, 6) is 0.665. The highest BCUT2D eigenvalue weighted by Gasteiger charge is 2.50. The Balaban J connectivity index is 1.78. The molecule has 0 spiro atoms. The summed E-state index contributed by atoms with van der Waals surface area (Å²) in [4.78, 5) is 0. The molecule has 0 heterocycles. The lowest BCUT2D eigenvalue weighted by atomic mass is 9.61. The second-order valence-electron chi connectivity index (χ2n) is 11.5. The topological polar surface area (TPSA) is 80.9 Å². The van der Waals surface area contributed by atoms with Gasteiger partial charge in [0.05, 0.1) is 23.9 Å². The summed E-state index contributed by atoms with van der Waals surface area (Å²) < 4.78 is 0. The second kappa shape index (κ2) is 9.58. The molecule has 0 radical (unpaired) electrons. The van der Waals surface area contributed by atoms with Crippen LogP contribution >= 0.6 is 0 Å². The van der Waals surface area contributed by atoms with Crippen molar-refractivity contribution in [3.05, 3.63) is 47.1 Å². The molecule has 3 rings (SSSR count). The first kappa shape index (κ1) is 25.4. The van der Waals surface area contributed by atoms with Crippen molar-refractivity contribution in [1.29, 1.82) is 0 Å². The number of allylic oxidation sites excluding steroid dienone is 3. The number of fused-ring (bicyclic) bond motifs is 1. The van der Waals surface area contributed by atoms with Gasteiger partial charge in [0.2, 0.25) is 0 Å². The number of hydrogen-bond donors (Lipinski definition) is 4. The van der Waals surface area contributed by atoms with Crippen LogP contribution in [0.1, 0.15) is 79.6 Å². The maximum absolute atomic E-state index is 11.1. The smallest absolute Gasteiger partial charge is 0.0811 e. The first-order chi connectivity index (χ1) is 14.8. The van der Waals surface area contributed by atoms with Gasteiger partial charge < -0.3 is 20.4 Å². The van der Waals surface area contributed by atoms with Crippen molar-refractivity contribution in [2.24, 2.45) is 23.2 Å². The van der Waals surface area contributed by atoms with Gasteiger partial charge in [-0.3, -0.25) is 0 Å². The van der Waals surface area contributed by atoms with Crippen molar-refractivity contribution >= 4 is 0 Å². The maximum Gasteiger partial charge on any atom is 0.0811 e. The summed E-state index contributed by atoms with van der Waals surface area (Å²) in [7, 11) is 0. The van der Waals surface area contributed by atoms with E-state index >= 15 is 0 Å². The fourth-order valence-corrected chi connectivity index (χ4v) is 6.16. The SMILES string of the molecule is C=C1/C(=C\C=C2\CCC[C@]3(C)C([C@H](C)CC[C@H](C)C(C)(C)O)=C[C@@H](O)[C@@H]23)C[C@@H](O)C[C@@H]1O. The van der Waals surface area contributed by atoms with E-state index in [2.05, 4.69) is 39.5 Å². The average Bonchev–Trinajstić information content (AvgIpc) is 2.98. The molecule has 0 aromatic rings. The Kier molecular flexibility index (Phi) is 7.61. The molecule has 2 saturated carbocycles. The highest BCUT2D eigenvalue weighted by molar-refractivity contribution is 5.41. The third-order valence-corrected chi connectivity index (χ3v) is 8.63. The molecule has 0 bridgehead atoms. The van der Waals surface area contributed by atoms with Gasteiger partial charge in [-0.05, 0) is 80.8 Å². The van der Waals surface area contributed by atoms with Gasteiger partial charge in [0.1, 0.15) is 0 Å². The molecular weight excluding hydrogens is 400 g/mol. The second-order valence-corrected chi connectivity index (χ2v) is 11.5. The van der Waals surface area contributed by atoms with Crippen molar-refractivity contribution in [2.45, 2.75) is 103 Å². The van der Waals surface area contributed by atoms with Gasteiger partial charge in [-0.2, -0.15) is 0 Å². The van der Waals surface area contributed by atoms with Crippen LogP contribution in [0.15, 0.2) is 47.1 Å². The molecular formula is C28H44O4. The van der Waals surface area contributed by atoms with E-state index in [0.29, 0.717) is 24.3 Å². The van der Waals surface area contributed by atoms with Crippen LogP contribution in [0.5, 0.6) is 0 Å². The van der Waals surface area contributed by atoms with Gasteiger partial charge in [0.25, 0.3) is 0 Å². The van der Waals surface area contributed by atoms with Gasteiger partial charge in [-0.1, -0.05) is 56.7 Å². The summed E-state index contributed by atoms with van der Waals surface area (Å²) in [6, 6.07) is 0. The maximum atomic E-state index is 11.1. The normalized spacial score (nSPS) is 38.0. The van der Waals surface area contributed by atoms with Gasteiger partial charge in [0, 0.05) is 12.3 Å². The Bertz CT molecular complexity index is 799. The molecule has 0 aliphatic heterocycles. The van der Waals surface area contributed by atoms with Gasteiger partial charge in [0.15, 0.2) is 0 Å². The van der Waals surface area contributed by atoms with E-state index in [9.17, 15) is 20.4 Å². The lowest BCUT2D eigenvalue weighted by Crippen LogP contribution is -2.37. The van der Waals surface area contributed by atoms with Gasteiger partial charge in [-0.15, -0.1) is 0 Å². The summed E-state index contributed by atoms with van der Waals surface area (Å²) in [6.07, 6.45) is 10.5. The van der Waals surface area contributed by atoms with Crippen LogP contribution in [0, 0.1) is 23.2 Å². The van der Waals surface area contributed by atoms with Gasteiger partial charge >= 0.3 is 0 Å². The van der Waals surface area contributed by atoms with E-state index in [0.717, 1.165) is 37.7 Å². The molecule has 4 nitrogen and oxygen atoms in total. The van der Waals surface area contributed by atoms with E-state index in [1.165, 1.54) is 11.1 Å². The fourth-order valence-electron chi connectivity index (χ4n) is 6.16. The highest BCUT2D eigenvalue weighted by atomic mass is 16.3. The Morgan fingerprint density at radius 1 is 1.19 bits per heavy atom. The molecule has 4 heteroatoms. The van der Waals surface area contributed by atoms with Crippen LogP contribution < -0.4 is 0 Å². The van der Waals surface area contributed by atoms with Crippen molar-refractivity contribution in [2.75, 3.05) is 0 Å². The molecule has 0 aromatic heterocycles. The third-order valence-electron chi connectivity index (χ3n) is 8.63. The number of rotatable bonds is 6. The molecule has 2 fully saturated rings. The number of aliphatic hydroxyl groups is 4. The molecule has 4 N–H and O–H groups in total. The Morgan fingerprint density at radius 3 is 2.53 bits per heavy atom. The van der Waals surface area contributed by atoms with Crippen molar-refractivity contribution in [1.82, 2.24) is 0 Å². The molecule has 0 aromatic carbocycles. The van der Waals surface area contributed by atoms with E-state index in [4.69, 9.17) is 0 Å². The van der Waals surface area contributed by atoms with Crippen LogP contribution in [-0.4, -0.2) is 44.3 Å². The first-order valence-corrected chi connectivity index (χ1v) is 12.4. The summed E-state index contributed by atoms with van der Waals surface area (Å²) >= 11 is 0. The van der Waals surface area contributed by atoms with Crippen molar-refractivity contribution < 1.29 is 20.4 Å². The van der Waals surface area contributed by atoms with Crippen molar-refractivity contribution in [3.8, 4) is 0 Å².